The molecule has 0 radical (unpaired) electrons. The molecule has 1 aromatic carbocycles. The van der Waals surface area contributed by atoms with Gasteiger partial charge in [0.25, 0.3) is 0 Å². The zero-order valence-electron chi connectivity index (χ0n) is 5.41. The molecule has 0 bridgehead atoms. The lowest BCUT2D eigenvalue weighted by molar-refractivity contribution is 0.459. The minimum absolute atomic E-state index is 0.0713. The second kappa shape index (κ2) is 3.26. The predicted molar refractivity (Wildman–Crippen MR) is 39.5 cm³/mol. The highest BCUT2D eigenvalue weighted by Gasteiger charge is 2.01. The Labute approximate surface area is 67.3 Å². The number of halogens is 1. The van der Waals surface area contributed by atoms with Gasteiger partial charge in [0.2, 0.25) is 0 Å². The van der Waals surface area contributed by atoms with Crippen LogP contribution in [-0.2, 0) is 0 Å². The van der Waals surface area contributed by atoms with Crippen LogP contribution in [0.15, 0.2) is 23.1 Å². The monoisotopic (exact) mass is 169 g/mol. The smallest absolute Gasteiger partial charge is 0.138 e. The third-order valence-electron chi connectivity index (χ3n) is 1.08. The van der Waals surface area contributed by atoms with Crippen LogP contribution in [0.4, 0.5) is 4.39 Å². The normalized spacial score (nSPS) is 9.09. The van der Waals surface area contributed by atoms with Gasteiger partial charge in [-0.05, 0) is 30.0 Å². The number of phenols is 1. The molecule has 0 aromatic heterocycles. The van der Waals surface area contributed by atoms with E-state index in [-0.39, 0.29) is 10.6 Å². The maximum Gasteiger partial charge on any atom is 0.138 e. The average Bonchev–Trinajstić information content (AvgIpc) is 1.98. The number of hydrogen-bond acceptors (Lipinski definition) is 3. The topological polar surface area (TPSA) is 44.0 Å². The Morgan fingerprint density at radius 3 is 2.91 bits per heavy atom. The van der Waals surface area contributed by atoms with Crippen LogP contribution in [0, 0.1) is 16.5 Å². The molecule has 1 N–H and O–H groups in total. The van der Waals surface area contributed by atoms with Crippen LogP contribution in [0.5, 0.6) is 5.75 Å². The Kier molecular flexibility index (Phi) is 2.34. The number of nitriles is 1. The van der Waals surface area contributed by atoms with Gasteiger partial charge in [0.1, 0.15) is 17.0 Å². The van der Waals surface area contributed by atoms with E-state index in [1.54, 1.807) is 5.40 Å². The van der Waals surface area contributed by atoms with Crippen molar-refractivity contribution in [3.8, 4) is 11.2 Å². The van der Waals surface area contributed by atoms with Crippen molar-refractivity contribution in [2.75, 3.05) is 0 Å². The summed E-state index contributed by atoms with van der Waals surface area (Å²) in [4.78, 5) is 0.243. The van der Waals surface area contributed by atoms with Gasteiger partial charge in [-0.25, -0.2) is 4.39 Å². The molecule has 0 amide bonds. The molecule has 1 rings (SSSR count). The van der Waals surface area contributed by atoms with E-state index in [0.29, 0.717) is 0 Å². The molecule has 1 aromatic rings. The quantitative estimate of drug-likeness (QED) is 0.517. The van der Waals surface area contributed by atoms with E-state index in [1.807, 2.05) is 0 Å². The second-order valence-electron chi connectivity index (χ2n) is 1.81. The lowest BCUT2D eigenvalue weighted by atomic mass is 10.3. The first-order valence-electron chi connectivity index (χ1n) is 2.78. The van der Waals surface area contributed by atoms with E-state index in [0.717, 1.165) is 23.9 Å². The summed E-state index contributed by atoms with van der Waals surface area (Å²) in [7, 11) is 0. The highest BCUT2D eigenvalue weighted by Crippen LogP contribution is 2.27. The minimum Gasteiger partial charge on any atom is -0.507 e. The van der Waals surface area contributed by atoms with Gasteiger partial charge < -0.3 is 5.11 Å². The number of phenolic OH excluding ortho intramolecular Hbond substituents is 1. The zero-order chi connectivity index (χ0) is 8.27. The van der Waals surface area contributed by atoms with Crippen molar-refractivity contribution in [2.24, 2.45) is 0 Å². The predicted octanol–water partition coefficient (Wildman–Crippen LogP) is 2.10. The lowest BCUT2D eigenvalue weighted by Gasteiger charge is -1.96. The molecule has 0 saturated heterocycles. The summed E-state index contributed by atoms with van der Waals surface area (Å²) in [5, 5.41) is 19.0. The summed E-state index contributed by atoms with van der Waals surface area (Å²) in [5.41, 5.74) is 0. The molecule has 0 aliphatic heterocycles. The first kappa shape index (κ1) is 7.89. The first-order valence-corrected chi connectivity index (χ1v) is 3.60. The van der Waals surface area contributed by atoms with Crippen molar-refractivity contribution in [3.05, 3.63) is 24.0 Å². The van der Waals surface area contributed by atoms with E-state index in [1.165, 1.54) is 6.07 Å². The Hall–Kier alpha value is -1.21. The average molecular weight is 169 g/mol. The maximum absolute atomic E-state index is 12.4. The summed E-state index contributed by atoms with van der Waals surface area (Å²) in [6.07, 6.45) is 0. The molecule has 0 aliphatic rings. The van der Waals surface area contributed by atoms with Gasteiger partial charge in [-0.15, -0.1) is 0 Å². The Bertz CT molecular complexity index is 308. The van der Waals surface area contributed by atoms with Crippen LogP contribution >= 0.6 is 11.8 Å². The molecule has 0 atom stereocenters. The van der Waals surface area contributed by atoms with Gasteiger partial charge in [0.15, 0.2) is 0 Å². The van der Waals surface area contributed by atoms with Gasteiger partial charge >= 0.3 is 0 Å². The van der Waals surface area contributed by atoms with Gasteiger partial charge in [-0.2, -0.15) is 5.26 Å². The van der Waals surface area contributed by atoms with Crippen LogP contribution < -0.4 is 0 Å². The molecular formula is C7H4FNOS. The number of thiocyanates is 1. The summed E-state index contributed by atoms with van der Waals surface area (Å²) < 4.78 is 12.4. The lowest BCUT2D eigenvalue weighted by Crippen LogP contribution is -1.75. The number of thioether (sulfide) groups is 1. The Balaban J connectivity index is 3.05. The van der Waals surface area contributed by atoms with E-state index >= 15 is 0 Å². The number of aromatic hydroxyl groups is 1. The fraction of sp³-hybridized carbons (Fsp3) is 0. The van der Waals surface area contributed by atoms with E-state index in [2.05, 4.69) is 0 Å². The summed E-state index contributed by atoms with van der Waals surface area (Å²) in [6.45, 7) is 0. The Morgan fingerprint density at radius 1 is 1.55 bits per heavy atom. The molecule has 0 aliphatic carbocycles. The van der Waals surface area contributed by atoms with Crippen LogP contribution in [0.2, 0.25) is 0 Å². The van der Waals surface area contributed by atoms with Crippen LogP contribution in [0.3, 0.4) is 0 Å². The maximum atomic E-state index is 12.4. The van der Waals surface area contributed by atoms with Crippen molar-refractivity contribution in [1.29, 1.82) is 5.26 Å². The molecular weight excluding hydrogens is 165 g/mol. The fourth-order valence-corrected chi connectivity index (χ4v) is 1.06. The molecule has 0 fully saturated rings. The summed E-state index contributed by atoms with van der Waals surface area (Å²) in [5.74, 6) is -0.529. The fourth-order valence-electron chi connectivity index (χ4n) is 0.619. The van der Waals surface area contributed by atoms with Crippen molar-refractivity contribution in [2.45, 2.75) is 4.90 Å². The number of benzene rings is 1. The van der Waals surface area contributed by atoms with E-state index in [9.17, 15) is 4.39 Å². The number of hydrogen-bond donors (Lipinski definition) is 1. The zero-order valence-corrected chi connectivity index (χ0v) is 6.23. The molecule has 0 saturated carbocycles. The first-order chi connectivity index (χ1) is 5.24. The third kappa shape index (κ3) is 1.85. The van der Waals surface area contributed by atoms with E-state index < -0.39 is 5.82 Å². The van der Waals surface area contributed by atoms with Crippen LogP contribution in [-0.4, -0.2) is 5.11 Å². The molecule has 11 heavy (non-hydrogen) atoms. The standard InChI is InChI=1S/C7H4FNOS/c8-5-1-2-6(10)7(3-5)11-4-9/h1-3,10H. The SMILES string of the molecule is N#CSc1cc(F)ccc1O. The Morgan fingerprint density at radius 2 is 2.27 bits per heavy atom. The van der Waals surface area contributed by atoms with Gasteiger partial charge in [-0.3, -0.25) is 0 Å². The highest BCUT2D eigenvalue weighted by atomic mass is 32.2. The van der Waals surface area contributed by atoms with Gasteiger partial charge in [-0.1, -0.05) is 0 Å². The number of nitrogens with zero attached hydrogens (tertiary/aromatic N) is 1. The van der Waals surface area contributed by atoms with Crippen molar-refractivity contribution < 1.29 is 9.50 Å². The molecule has 4 heteroatoms. The largest absolute Gasteiger partial charge is 0.507 e. The van der Waals surface area contributed by atoms with Crippen molar-refractivity contribution >= 4 is 11.8 Å². The second-order valence-corrected chi connectivity index (χ2v) is 2.63. The summed E-state index contributed by atoms with van der Waals surface area (Å²) >= 11 is 0.732. The molecule has 0 unspecified atom stereocenters. The van der Waals surface area contributed by atoms with Crippen LogP contribution in [0.25, 0.3) is 0 Å². The van der Waals surface area contributed by atoms with E-state index in [4.69, 9.17) is 10.4 Å². The molecule has 0 heterocycles. The third-order valence-corrected chi connectivity index (χ3v) is 1.72. The van der Waals surface area contributed by atoms with Crippen LogP contribution in [0.1, 0.15) is 0 Å². The molecule has 56 valence electrons. The highest BCUT2D eigenvalue weighted by molar-refractivity contribution is 8.03. The van der Waals surface area contributed by atoms with Crippen molar-refractivity contribution in [3.63, 3.8) is 0 Å². The number of rotatable bonds is 1. The summed E-state index contributed by atoms with van der Waals surface area (Å²) in [6, 6.07) is 3.47. The van der Waals surface area contributed by atoms with Gasteiger partial charge in [0, 0.05) is 0 Å². The minimum atomic E-state index is -0.458. The molecule has 0 spiro atoms. The van der Waals surface area contributed by atoms with Gasteiger partial charge in [0.05, 0.1) is 4.90 Å². The molecule has 2 nitrogen and oxygen atoms in total. The van der Waals surface area contributed by atoms with Crippen molar-refractivity contribution in [1.82, 2.24) is 0 Å².